The van der Waals surface area contributed by atoms with Crippen LogP contribution in [0, 0.1) is 0 Å². The minimum atomic E-state index is -0.471. The molecular formula is C16H18N4O2. The Morgan fingerprint density at radius 1 is 1.27 bits per heavy atom. The maximum atomic E-state index is 11.6. The molecule has 6 heteroatoms. The number of aromatic nitrogens is 2. The molecule has 0 bridgehead atoms. The number of nitrogens with one attached hydrogen (secondary N) is 1. The smallest absolute Gasteiger partial charge is 0.292 e. The molecule has 0 spiro atoms. The molecule has 1 aromatic carbocycles. The summed E-state index contributed by atoms with van der Waals surface area (Å²) in [7, 11) is 3.08. The maximum Gasteiger partial charge on any atom is 0.329 e. The van der Waals surface area contributed by atoms with E-state index in [1.54, 1.807) is 13.3 Å². The van der Waals surface area contributed by atoms with Gasteiger partial charge in [0.15, 0.2) is 0 Å². The molecule has 0 unspecified atom stereocenters. The molecule has 114 valence electrons. The highest BCUT2D eigenvalue weighted by atomic mass is 16.2. The minimum Gasteiger partial charge on any atom is -0.292 e. The van der Waals surface area contributed by atoms with Crippen LogP contribution in [0.2, 0.25) is 0 Å². The van der Waals surface area contributed by atoms with E-state index in [9.17, 15) is 9.59 Å². The molecule has 0 saturated carbocycles. The van der Waals surface area contributed by atoms with Crippen LogP contribution in [0.15, 0.2) is 56.7 Å². The Bertz CT molecular complexity index is 785. The molecule has 0 aliphatic rings. The number of H-pyrrole nitrogens is 1. The SMILES string of the molecule is CC(C=NN(C)c1cc(=O)n(C)c(=O)[nH]1)=Cc1ccccc1. The fourth-order valence-corrected chi connectivity index (χ4v) is 1.81. The third-order valence-corrected chi connectivity index (χ3v) is 3.11. The first-order valence-electron chi connectivity index (χ1n) is 6.79. The van der Waals surface area contributed by atoms with Crippen LogP contribution in [0.5, 0.6) is 0 Å². The lowest BCUT2D eigenvalue weighted by atomic mass is 10.1. The molecule has 1 heterocycles. The van der Waals surface area contributed by atoms with Gasteiger partial charge >= 0.3 is 5.69 Å². The van der Waals surface area contributed by atoms with Gasteiger partial charge in [0.2, 0.25) is 0 Å². The Kier molecular flexibility index (Phi) is 4.73. The zero-order valence-electron chi connectivity index (χ0n) is 12.8. The highest BCUT2D eigenvalue weighted by Crippen LogP contribution is 2.06. The number of hydrazone groups is 1. The number of hydrogen-bond donors (Lipinski definition) is 1. The van der Waals surface area contributed by atoms with Gasteiger partial charge in [-0.15, -0.1) is 0 Å². The van der Waals surface area contributed by atoms with Gasteiger partial charge in [-0.1, -0.05) is 36.4 Å². The van der Waals surface area contributed by atoms with E-state index in [0.29, 0.717) is 5.82 Å². The molecule has 1 N–H and O–H groups in total. The van der Waals surface area contributed by atoms with Crippen molar-refractivity contribution in [2.75, 3.05) is 12.1 Å². The predicted molar refractivity (Wildman–Crippen MR) is 89.3 cm³/mol. The van der Waals surface area contributed by atoms with E-state index in [-0.39, 0.29) is 5.56 Å². The molecule has 0 fully saturated rings. The van der Waals surface area contributed by atoms with Gasteiger partial charge in [0.25, 0.3) is 5.56 Å². The monoisotopic (exact) mass is 298 g/mol. The average Bonchev–Trinajstić information content (AvgIpc) is 2.50. The van der Waals surface area contributed by atoms with Crippen molar-refractivity contribution < 1.29 is 0 Å². The van der Waals surface area contributed by atoms with Gasteiger partial charge in [-0.05, 0) is 18.1 Å². The highest BCUT2D eigenvalue weighted by Gasteiger charge is 2.03. The first-order valence-corrected chi connectivity index (χ1v) is 6.79. The number of allylic oxidation sites excluding steroid dienone is 1. The van der Waals surface area contributed by atoms with Gasteiger partial charge in [-0.3, -0.25) is 19.4 Å². The molecule has 0 radical (unpaired) electrons. The van der Waals surface area contributed by atoms with E-state index in [1.807, 2.05) is 43.3 Å². The third-order valence-electron chi connectivity index (χ3n) is 3.11. The van der Waals surface area contributed by atoms with Crippen LogP contribution >= 0.6 is 0 Å². The number of anilines is 1. The molecule has 0 saturated heterocycles. The second kappa shape index (κ2) is 6.71. The maximum absolute atomic E-state index is 11.6. The van der Waals surface area contributed by atoms with E-state index in [0.717, 1.165) is 15.7 Å². The van der Waals surface area contributed by atoms with Crippen LogP contribution < -0.4 is 16.3 Å². The van der Waals surface area contributed by atoms with E-state index in [1.165, 1.54) is 18.1 Å². The largest absolute Gasteiger partial charge is 0.329 e. The Morgan fingerprint density at radius 2 is 1.95 bits per heavy atom. The molecule has 6 nitrogen and oxygen atoms in total. The first-order chi connectivity index (χ1) is 10.5. The lowest BCUT2D eigenvalue weighted by Crippen LogP contribution is -2.33. The third kappa shape index (κ3) is 3.82. The van der Waals surface area contributed by atoms with Gasteiger partial charge < -0.3 is 0 Å². The van der Waals surface area contributed by atoms with Crippen molar-refractivity contribution in [2.45, 2.75) is 6.92 Å². The Labute approximate surface area is 128 Å². The van der Waals surface area contributed by atoms with Crippen molar-refractivity contribution in [1.29, 1.82) is 0 Å². The van der Waals surface area contributed by atoms with E-state index in [4.69, 9.17) is 0 Å². The molecule has 2 aromatic rings. The Hall–Kier alpha value is -2.89. The van der Waals surface area contributed by atoms with Crippen molar-refractivity contribution >= 4 is 18.1 Å². The number of hydrogen-bond acceptors (Lipinski definition) is 4. The Morgan fingerprint density at radius 3 is 2.59 bits per heavy atom. The van der Waals surface area contributed by atoms with Crippen LogP contribution in [0.4, 0.5) is 5.82 Å². The van der Waals surface area contributed by atoms with Crippen LogP contribution in [0.3, 0.4) is 0 Å². The highest BCUT2D eigenvalue weighted by molar-refractivity contribution is 5.85. The van der Waals surface area contributed by atoms with Crippen molar-refractivity contribution in [3.63, 3.8) is 0 Å². The molecule has 1 aromatic heterocycles. The average molecular weight is 298 g/mol. The van der Waals surface area contributed by atoms with Crippen molar-refractivity contribution in [1.82, 2.24) is 9.55 Å². The van der Waals surface area contributed by atoms with Crippen LogP contribution in [-0.4, -0.2) is 22.8 Å². The molecule has 2 rings (SSSR count). The molecular weight excluding hydrogens is 280 g/mol. The van der Waals surface area contributed by atoms with Gasteiger partial charge in [0, 0.05) is 20.2 Å². The summed E-state index contributed by atoms with van der Waals surface area (Å²) in [6.07, 6.45) is 3.66. The molecule has 22 heavy (non-hydrogen) atoms. The lowest BCUT2D eigenvalue weighted by molar-refractivity contribution is 0.766. The van der Waals surface area contributed by atoms with Crippen molar-refractivity contribution in [3.8, 4) is 0 Å². The summed E-state index contributed by atoms with van der Waals surface area (Å²) < 4.78 is 1.00. The predicted octanol–water partition coefficient (Wildman–Crippen LogP) is 1.60. The van der Waals surface area contributed by atoms with Crippen molar-refractivity contribution in [3.05, 3.63) is 68.4 Å². The fourth-order valence-electron chi connectivity index (χ4n) is 1.81. The summed E-state index contributed by atoms with van der Waals surface area (Å²) in [5.41, 5.74) is 1.18. The summed E-state index contributed by atoms with van der Waals surface area (Å²) in [4.78, 5) is 25.7. The Balaban J connectivity index is 2.18. The van der Waals surface area contributed by atoms with Crippen LogP contribution in [0.25, 0.3) is 6.08 Å². The van der Waals surface area contributed by atoms with E-state index in [2.05, 4.69) is 10.1 Å². The second-order valence-corrected chi connectivity index (χ2v) is 4.92. The first kappa shape index (κ1) is 15.5. The van der Waals surface area contributed by atoms with Crippen LogP contribution in [-0.2, 0) is 7.05 Å². The van der Waals surface area contributed by atoms with Gasteiger partial charge in [0.05, 0.1) is 6.21 Å². The zero-order chi connectivity index (χ0) is 16.1. The summed E-state index contributed by atoms with van der Waals surface area (Å²) in [6, 6.07) is 11.2. The molecule has 0 atom stereocenters. The quantitative estimate of drug-likeness (QED) is 0.688. The number of rotatable bonds is 4. The lowest BCUT2D eigenvalue weighted by Gasteiger charge is -2.12. The van der Waals surface area contributed by atoms with E-state index < -0.39 is 5.69 Å². The van der Waals surface area contributed by atoms with Gasteiger partial charge in [-0.25, -0.2) is 4.79 Å². The zero-order valence-corrected chi connectivity index (χ0v) is 12.8. The van der Waals surface area contributed by atoms with Crippen molar-refractivity contribution in [2.24, 2.45) is 12.1 Å². The normalized spacial score (nSPS) is 11.9. The molecule has 0 aliphatic heterocycles. The number of aromatic amines is 1. The van der Waals surface area contributed by atoms with Gasteiger partial charge in [0.1, 0.15) is 5.82 Å². The summed E-state index contributed by atoms with van der Waals surface area (Å²) in [5, 5.41) is 5.67. The molecule has 0 aliphatic carbocycles. The van der Waals surface area contributed by atoms with E-state index >= 15 is 0 Å². The summed E-state index contributed by atoms with van der Waals surface area (Å²) >= 11 is 0. The van der Waals surface area contributed by atoms with Crippen LogP contribution in [0.1, 0.15) is 12.5 Å². The summed E-state index contributed by atoms with van der Waals surface area (Å²) in [6.45, 7) is 1.93. The molecule has 0 amide bonds. The van der Waals surface area contributed by atoms with Gasteiger partial charge in [-0.2, -0.15) is 5.10 Å². The number of benzene rings is 1. The fraction of sp³-hybridized carbons (Fsp3) is 0.188. The second-order valence-electron chi connectivity index (χ2n) is 4.92. The standard InChI is InChI=1S/C16H18N4O2/c1-12(9-13-7-5-4-6-8-13)11-17-20(3)14-10-15(21)19(2)16(22)18-14/h4-11H,1-3H3,(H,18,22). The minimum absolute atomic E-state index is 0.344. The topological polar surface area (TPSA) is 70.5 Å². The number of nitrogens with zero attached hydrogens (tertiary/aromatic N) is 3. The summed E-state index contributed by atoms with van der Waals surface area (Å²) in [5.74, 6) is 0.344.